The molecule has 0 aliphatic carbocycles. The second-order valence-corrected chi connectivity index (χ2v) is 7.42. The molecule has 1 amide bonds. The molecule has 178 valence electrons. The van der Waals surface area contributed by atoms with Crippen LogP contribution in [0.15, 0.2) is 30.5 Å². The smallest absolute Gasteiger partial charge is 0.236 e. The minimum atomic E-state index is -0.337. The highest BCUT2D eigenvalue weighted by Crippen LogP contribution is 2.18. The highest BCUT2D eigenvalue weighted by atomic mass is 19.1. The van der Waals surface area contributed by atoms with Gasteiger partial charge in [0, 0.05) is 38.9 Å². The number of aromatic nitrogens is 2. The molecule has 8 nitrogen and oxygen atoms in total. The Morgan fingerprint density at radius 2 is 2.09 bits per heavy atom. The molecule has 4 N–H and O–H groups in total. The Kier molecular flexibility index (Phi) is 11.7. The van der Waals surface area contributed by atoms with Gasteiger partial charge in [0.15, 0.2) is 0 Å². The van der Waals surface area contributed by atoms with Crippen LogP contribution >= 0.6 is 0 Å². The number of nitrogens with zero attached hydrogens (tertiary/aromatic N) is 2. The second kappa shape index (κ2) is 14.8. The number of nitrogens with one attached hydrogen (secondary N) is 4. The lowest BCUT2D eigenvalue weighted by atomic mass is 10.2. The fourth-order valence-corrected chi connectivity index (χ4v) is 2.77. The van der Waals surface area contributed by atoms with Gasteiger partial charge < -0.3 is 26.0 Å². The van der Waals surface area contributed by atoms with Crippen molar-refractivity contribution in [3.63, 3.8) is 0 Å². The molecule has 0 aliphatic rings. The number of likely N-dealkylation sites (N-methyl/N-ethyl adjacent to an activating group) is 1. The summed E-state index contributed by atoms with van der Waals surface area (Å²) in [6.07, 6.45) is 4.87. The number of amides is 1. The molecule has 0 radical (unpaired) electrons. The largest absolute Gasteiger partial charge is 0.385 e. The van der Waals surface area contributed by atoms with E-state index in [1.54, 1.807) is 32.5 Å². The molecule has 0 fully saturated rings. The van der Waals surface area contributed by atoms with Gasteiger partial charge in [-0.3, -0.25) is 4.79 Å². The summed E-state index contributed by atoms with van der Waals surface area (Å²) in [7, 11) is 3.43. The number of methoxy groups -OCH3 is 1. The molecule has 1 atom stereocenters. The highest BCUT2D eigenvalue weighted by Gasteiger charge is 2.08. The van der Waals surface area contributed by atoms with E-state index in [1.807, 2.05) is 6.92 Å². The van der Waals surface area contributed by atoms with E-state index in [9.17, 15) is 9.18 Å². The maximum Gasteiger partial charge on any atom is 0.236 e. The van der Waals surface area contributed by atoms with Crippen molar-refractivity contribution in [2.45, 2.75) is 38.6 Å². The molecule has 0 saturated carbocycles. The van der Waals surface area contributed by atoms with Gasteiger partial charge in [-0.1, -0.05) is 17.9 Å². The summed E-state index contributed by atoms with van der Waals surface area (Å²) < 4.78 is 18.5. The average Bonchev–Trinajstić information content (AvgIpc) is 2.81. The fraction of sp³-hybridized carbons (Fsp3) is 0.458. The van der Waals surface area contributed by atoms with Gasteiger partial charge in [-0.05, 0) is 51.4 Å². The van der Waals surface area contributed by atoms with Crippen LogP contribution < -0.4 is 21.3 Å². The molecule has 0 saturated heterocycles. The van der Waals surface area contributed by atoms with E-state index in [0.29, 0.717) is 49.1 Å². The minimum Gasteiger partial charge on any atom is -0.385 e. The first-order valence-electron chi connectivity index (χ1n) is 11.1. The van der Waals surface area contributed by atoms with E-state index < -0.39 is 0 Å². The van der Waals surface area contributed by atoms with Crippen LogP contribution in [0.2, 0.25) is 0 Å². The molecule has 33 heavy (non-hydrogen) atoms. The number of hydrogen-bond donors (Lipinski definition) is 4. The van der Waals surface area contributed by atoms with Crippen molar-refractivity contribution < 1.29 is 13.9 Å². The summed E-state index contributed by atoms with van der Waals surface area (Å²) >= 11 is 0. The van der Waals surface area contributed by atoms with E-state index in [1.165, 1.54) is 12.1 Å². The van der Waals surface area contributed by atoms with Crippen molar-refractivity contribution in [1.29, 1.82) is 0 Å². The number of ether oxygens (including phenoxy) is 1. The van der Waals surface area contributed by atoms with Crippen LogP contribution in [0.25, 0.3) is 0 Å². The molecular weight excluding hydrogens is 423 g/mol. The molecule has 1 heterocycles. The Labute approximate surface area is 195 Å². The highest BCUT2D eigenvalue weighted by molar-refractivity contribution is 5.81. The lowest BCUT2D eigenvalue weighted by Gasteiger charge is -2.11. The fourth-order valence-electron chi connectivity index (χ4n) is 2.77. The summed E-state index contributed by atoms with van der Waals surface area (Å²) in [6.45, 7) is 3.79. The van der Waals surface area contributed by atoms with Crippen molar-refractivity contribution in [1.82, 2.24) is 20.6 Å². The summed E-state index contributed by atoms with van der Waals surface area (Å²) in [5.74, 6) is 6.84. The first-order valence-corrected chi connectivity index (χ1v) is 11.1. The molecular formula is C24H33FN6O2. The average molecular weight is 457 g/mol. The predicted octanol–water partition coefficient (Wildman–Crippen LogP) is 3.05. The Morgan fingerprint density at radius 3 is 2.85 bits per heavy atom. The SMILES string of the molecule is CN[C@@H](C)C(=O)NCCCC#Cc1cnc(Nc2cccc(F)c2)nc1NCCCCOC. The van der Waals surface area contributed by atoms with Crippen LogP contribution in [0, 0.1) is 17.7 Å². The van der Waals surface area contributed by atoms with Gasteiger partial charge in [0.25, 0.3) is 0 Å². The van der Waals surface area contributed by atoms with Crippen LogP contribution in [-0.4, -0.2) is 55.8 Å². The van der Waals surface area contributed by atoms with Gasteiger partial charge in [-0.25, -0.2) is 9.37 Å². The number of unbranched alkanes of at least 4 members (excludes halogenated alkanes) is 2. The van der Waals surface area contributed by atoms with E-state index >= 15 is 0 Å². The normalized spacial score (nSPS) is 11.3. The van der Waals surface area contributed by atoms with Crippen molar-refractivity contribution in [2.24, 2.45) is 0 Å². The maximum absolute atomic E-state index is 13.5. The summed E-state index contributed by atoms with van der Waals surface area (Å²) in [5, 5.41) is 12.1. The molecule has 0 aliphatic heterocycles. The second-order valence-electron chi connectivity index (χ2n) is 7.42. The molecule has 0 bridgehead atoms. The van der Waals surface area contributed by atoms with Crippen molar-refractivity contribution in [3.8, 4) is 11.8 Å². The summed E-state index contributed by atoms with van der Waals surface area (Å²) in [4.78, 5) is 20.6. The quantitative estimate of drug-likeness (QED) is 0.272. The molecule has 1 aromatic heterocycles. The van der Waals surface area contributed by atoms with E-state index in [0.717, 1.165) is 19.3 Å². The van der Waals surface area contributed by atoms with E-state index in [4.69, 9.17) is 4.74 Å². The lowest BCUT2D eigenvalue weighted by Crippen LogP contribution is -2.40. The van der Waals surface area contributed by atoms with Crippen LogP contribution in [0.3, 0.4) is 0 Å². The Morgan fingerprint density at radius 1 is 1.24 bits per heavy atom. The van der Waals surface area contributed by atoms with Gasteiger partial charge in [-0.15, -0.1) is 0 Å². The topological polar surface area (TPSA) is 100 Å². The molecule has 2 aromatic rings. The van der Waals surface area contributed by atoms with E-state index in [2.05, 4.69) is 43.1 Å². The van der Waals surface area contributed by atoms with Crippen LogP contribution in [-0.2, 0) is 9.53 Å². The van der Waals surface area contributed by atoms with Crippen molar-refractivity contribution in [3.05, 3.63) is 41.8 Å². The van der Waals surface area contributed by atoms with Crippen LogP contribution in [0.5, 0.6) is 0 Å². The third-order valence-electron chi connectivity index (χ3n) is 4.76. The van der Waals surface area contributed by atoms with Gasteiger partial charge in [0.2, 0.25) is 11.9 Å². The monoisotopic (exact) mass is 456 g/mol. The Balaban J connectivity index is 1.99. The molecule has 9 heteroatoms. The van der Waals surface area contributed by atoms with Crippen molar-refractivity contribution >= 4 is 23.4 Å². The third kappa shape index (κ3) is 9.85. The minimum absolute atomic E-state index is 0.0276. The van der Waals surface area contributed by atoms with Gasteiger partial charge in [0.1, 0.15) is 11.6 Å². The molecule has 0 unspecified atom stereocenters. The summed E-state index contributed by atoms with van der Waals surface area (Å²) in [5.41, 5.74) is 1.24. The predicted molar refractivity (Wildman–Crippen MR) is 129 cm³/mol. The molecule has 1 aromatic carbocycles. The Bertz CT molecular complexity index is 944. The number of carbonyl (C=O) groups is 1. The van der Waals surface area contributed by atoms with Crippen LogP contribution in [0.4, 0.5) is 21.8 Å². The van der Waals surface area contributed by atoms with E-state index in [-0.39, 0.29) is 17.8 Å². The lowest BCUT2D eigenvalue weighted by molar-refractivity contribution is -0.122. The zero-order valence-electron chi connectivity index (χ0n) is 19.5. The third-order valence-corrected chi connectivity index (χ3v) is 4.76. The number of carbonyl (C=O) groups excluding carboxylic acids is 1. The zero-order chi connectivity index (χ0) is 23.9. The molecule has 0 spiro atoms. The number of hydrogen-bond acceptors (Lipinski definition) is 7. The maximum atomic E-state index is 13.5. The number of rotatable bonds is 13. The van der Waals surface area contributed by atoms with Gasteiger partial charge in [-0.2, -0.15) is 4.98 Å². The zero-order valence-corrected chi connectivity index (χ0v) is 19.5. The molecule has 2 rings (SSSR count). The van der Waals surface area contributed by atoms with Crippen molar-refractivity contribution in [2.75, 3.05) is 44.5 Å². The first kappa shape index (κ1) is 26.0. The number of benzene rings is 1. The van der Waals surface area contributed by atoms with Gasteiger partial charge >= 0.3 is 0 Å². The standard InChI is InChI=1S/C24H33FN6O2/c1-18(26-2)23(32)28-14-6-4-5-10-19-17-29-24(30-21-12-9-11-20(25)16-21)31-22(19)27-13-7-8-15-33-3/h9,11-12,16-18,26H,4,6-8,13-15H2,1-3H3,(H,28,32)(H2,27,29,30,31)/t18-/m0/s1. The summed E-state index contributed by atoms with van der Waals surface area (Å²) in [6, 6.07) is 5.91. The Hall–Kier alpha value is -3.22. The number of halogens is 1. The number of anilines is 3. The first-order chi connectivity index (χ1) is 16.0. The van der Waals surface area contributed by atoms with Gasteiger partial charge in [0.05, 0.1) is 17.8 Å². The van der Waals surface area contributed by atoms with Crippen LogP contribution in [0.1, 0.15) is 38.2 Å².